The molecule has 0 amide bonds. The summed E-state index contributed by atoms with van der Waals surface area (Å²) in [6, 6.07) is 15.2. The van der Waals surface area contributed by atoms with Crippen molar-refractivity contribution in [2.24, 2.45) is 0 Å². The van der Waals surface area contributed by atoms with Crippen LogP contribution < -0.4 is 0 Å². The van der Waals surface area contributed by atoms with Gasteiger partial charge in [-0.2, -0.15) is 5.26 Å². The van der Waals surface area contributed by atoms with Crippen LogP contribution in [0.4, 0.5) is 4.39 Å². The molecule has 0 aromatic heterocycles. The average molecular weight is 251 g/mol. The lowest BCUT2D eigenvalue weighted by Gasteiger charge is -2.09. The smallest absolute Gasteiger partial charge is 0.131 e. The molecular formula is C17H14FN. The molecule has 1 saturated carbocycles. The fraction of sp³-hybridized carbons (Fsp3) is 0.235. The van der Waals surface area contributed by atoms with E-state index in [0.29, 0.717) is 5.56 Å². The first-order valence-electron chi connectivity index (χ1n) is 6.43. The van der Waals surface area contributed by atoms with Crippen LogP contribution in [0.3, 0.4) is 0 Å². The minimum absolute atomic E-state index is 0.209. The maximum Gasteiger partial charge on any atom is 0.131 e. The molecule has 0 aliphatic heterocycles. The van der Waals surface area contributed by atoms with Gasteiger partial charge in [0.05, 0.1) is 11.5 Å². The van der Waals surface area contributed by atoms with Crippen molar-refractivity contribution in [3.05, 3.63) is 59.4 Å². The normalized spacial score (nSPS) is 15.8. The quantitative estimate of drug-likeness (QED) is 0.778. The van der Waals surface area contributed by atoms with Gasteiger partial charge in [-0.1, -0.05) is 35.9 Å². The van der Waals surface area contributed by atoms with E-state index in [0.717, 1.165) is 29.5 Å². The van der Waals surface area contributed by atoms with Crippen LogP contribution in [0, 0.1) is 24.1 Å². The minimum Gasteiger partial charge on any atom is -0.206 e. The van der Waals surface area contributed by atoms with Crippen molar-refractivity contribution in [2.75, 3.05) is 0 Å². The molecule has 2 heteroatoms. The lowest BCUT2D eigenvalue weighted by Crippen LogP contribution is -2.01. The van der Waals surface area contributed by atoms with E-state index in [9.17, 15) is 4.39 Å². The number of nitriles is 1. The first-order valence-corrected chi connectivity index (χ1v) is 6.43. The number of halogens is 1. The Morgan fingerprint density at radius 2 is 1.79 bits per heavy atom. The first kappa shape index (κ1) is 11.9. The molecule has 19 heavy (non-hydrogen) atoms. The number of nitrogens with zero attached hydrogens (tertiary/aromatic N) is 1. The zero-order valence-electron chi connectivity index (χ0n) is 10.8. The fourth-order valence-electron chi connectivity index (χ4n) is 2.42. The largest absolute Gasteiger partial charge is 0.206 e. The van der Waals surface area contributed by atoms with Crippen molar-refractivity contribution in [3.8, 4) is 17.2 Å². The highest BCUT2D eigenvalue weighted by Crippen LogP contribution is 2.47. The van der Waals surface area contributed by atoms with Crippen molar-refractivity contribution >= 4 is 0 Å². The Morgan fingerprint density at radius 1 is 1.11 bits per heavy atom. The molecule has 0 saturated heterocycles. The number of hydrogen-bond donors (Lipinski definition) is 0. The van der Waals surface area contributed by atoms with E-state index in [1.54, 1.807) is 6.07 Å². The molecule has 1 aliphatic carbocycles. The third-order valence-electron chi connectivity index (χ3n) is 3.83. The second-order valence-electron chi connectivity index (χ2n) is 5.25. The standard InChI is InChI=1S/C17H14FN/c1-12-2-7-16(18)15(10-12)13-3-5-14(6-4-13)17(11-19)8-9-17/h2-7,10H,8-9H2,1H3. The summed E-state index contributed by atoms with van der Waals surface area (Å²) in [6.07, 6.45) is 1.86. The Kier molecular flexibility index (Phi) is 2.64. The molecule has 0 unspecified atom stereocenters. The third-order valence-corrected chi connectivity index (χ3v) is 3.83. The topological polar surface area (TPSA) is 23.8 Å². The van der Waals surface area contributed by atoms with Gasteiger partial charge < -0.3 is 0 Å². The van der Waals surface area contributed by atoms with Gasteiger partial charge in [0.25, 0.3) is 0 Å². The third kappa shape index (κ3) is 2.02. The summed E-state index contributed by atoms with van der Waals surface area (Å²) in [4.78, 5) is 0. The zero-order chi connectivity index (χ0) is 13.5. The molecule has 0 N–H and O–H groups in total. The summed E-state index contributed by atoms with van der Waals surface area (Å²) < 4.78 is 13.8. The maximum absolute atomic E-state index is 13.8. The van der Waals surface area contributed by atoms with Gasteiger partial charge in [-0.15, -0.1) is 0 Å². The van der Waals surface area contributed by atoms with E-state index >= 15 is 0 Å². The summed E-state index contributed by atoms with van der Waals surface area (Å²) in [5, 5.41) is 9.17. The summed E-state index contributed by atoms with van der Waals surface area (Å²) in [5.41, 5.74) is 3.29. The maximum atomic E-state index is 13.8. The van der Waals surface area contributed by atoms with Crippen LogP contribution in [0.15, 0.2) is 42.5 Å². The van der Waals surface area contributed by atoms with Crippen molar-refractivity contribution < 1.29 is 4.39 Å². The van der Waals surface area contributed by atoms with Gasteiger partial charge in [0.15, 0.2) is 0 Å². The molecule has 3 rings (SSSR count). The Hall–Kier alpha value is -2.14. The average Bonchev–Trinajstić information content (AvgIpc) is 3.23. The van der Waals surface area contributed by atoms with Gasteiger partial charge in [-0.25, -0.2) is 4.39 Å². The van der Waals surface area contributed by atoms with Crippen LogP contribution in [-0.2, 0) is 5.41 Å². The van der Waals surface area contributed by atoms with Crippen molar-refractivity contribution in [3.63, 3.8) is 0 Å². The highest BCUT2D eigenvalue weighted by molar-refractivity contribution is 5.65. The van der Waals surface area contributed by atoms with E-state index in [4.69, 9.17) is 5.26 Å². The van der Waals surface area contributed by atoms with E-state index < -0.39 is 0 Å². The molecule has 94 valence electrons. The zero-order valence-corrected chi connectivity index (χ0v) is 10.8. The molecule has 1 nitrogen and oxygen atoms in total. The highest BCUT2D eigenvalue weighted by atomic mass is 19.1. The van der Waals surface area contributed by atoms with Crippen molar-refractivity contribution in [1.29, 1.82) is 5.26 Å². The predicted octanol–water partition coefficient (Wildman–Crippen LogP) is 4.36. The van der Waals surface area contributed by atoms with E-state index in [1.165, 1.54) is 6.07 Å². The summed E-state index contributed by atoms with van der Waals surface area (Å²) in [6.45, 7) is 1.95. The van der Waals surface area contributed by atoms with Crippen LogP contribution in [0.5, 0.6) is 0 Å². The molecule has 0 spiro atoms. The lowest BCUT2D eigenvalue weighted by atomic mass is 9.94. The van der Waals surface area contributed by atoms with Crippen LogP contribution in [-0.4, -0.2) is 0 Å². The minimum atomic E-state index is -0.274. The van der Waals surface area contributed by atoms with E-state index in [2.05, 4.69) is 6.07 Å². The molecule has 2 aromatic carbocycles. The van der Waals surface area contributed by atoms with Gasteiger partial charge in [-0.05, 0) is 43.0 Å². The lowest BCUT2D eigenvalue weighted by molar-refractivity contribution is 0.631. The van der Waals surface area contributed by atoms with Crippen LogP contribution in [0.25, 0.3) is 11.1 Å². The SMILES string of the molecule is Cc1ccc(F)c(-c2ccc(C3(C#N)CC3)cc2)c1. The monoisotopic (exact) mass is 251 g/mol. The summed E-state index contributed by atoms with van der Waals surface area (Å²) >= 11 is 0. The Labute approximate surface area is 112 Å². The molecule has 0 radical (unpaired) electrons. The molecule has 0 heterocycles. The van der Waals surface area contributed by atoms with Gasteiger partial charge in [0.2, 0.25) is 0 Å². The second kappa shape index (κ2) is 4.20. The van der Waals surface area contributed by atoms with Crippen LogP contribution in [0.1, 0.15) is 24.0 Å². The van der Waals surface area contributed by atoms with Crippen molar-refractivity contribution in [1.82, 2.24) is 0 Å². The summed E-state index contributed by atoms with van der Waals surface area (Å²) in [7, 11) is 0. The summed E-state index contributed by atoms with van der Waals surface area (Å²) in [5.74, 6) is -0.209. The Balaban J connectivity index is 1.99. The van der Waals surface area contributed by atoms with Crippen LogP contribution >= 0.6 is 0 Å². The first-order chi connectivity index (χ1) is 9.14. The predicted molar refractivity (Wildman–Crippen MR) is 73.1 cm³/mol. The van der Waals surface area contributed by atoms with Crippen LogP contribution in [0.2, 0.25) is 0 Å². The van der Waals surface area contributed by atoms with E-state index in [1.807, 2.05) is 37.3 Å². The van der Waals surface area contributed by atoms with E-state index in [-0.39, 0.29) is 11.2 Å². The molecule has 0 bridgehead atoms. The molecule has 2 aromatic rings. The number of hydrogen-bond acceptors (Lipinski definition) is 1. The second-order valence-corrected chi connectivity index (χ2v) is 5.25. The number of rotatable bonds is 2. The van der Waals surface area contributed by atoms with Gasteiger partial charge in [0, 0.05) is 5.56 Å². The Morgan fingerprint density at radius 3 is 2.37 bits per heavy atom. The molecule has 0 atom stereocenters. The molecule has 1 aliphatic rings. The number of benzene rings is 2. The number of aryl methyl sites for hydroxylation is 1. The van der Waals surface area contributed by atoms with Crippen molar-refractivity contribution in [2.45, 2.75) is 25.2 Å². The van der Waals surface area contributed by atoms with Gasteiger partial charge >= 0.3 is 0 Å². The fourth-order valence-corrected chi connectivity index (χ4v) is 2.42. The van der Waals surface area contributed by atoms with Gasteiger partial charge in [-0.3, -0.25) is 0 Å². The molecular weight excluding hydrogens is 237 g/mol. The molecule has 1 fully saturated rings. The highest BCUT2D eigenvalue weighted by Gasteiger charge is 2.44. The van der Waals surface area contributed by atoms with Gasteiger partial charge in [0.1, 0.15) is 5.82 Å². The Bertz CT molecular complexity index is 661.